The molecule has 0 aliphatic rings. The van der Waals surface area contributed by atoms with Crippen LogP contribution in [0, 0.1) is 11.3 Å². The van der Waals surface area contributed by atoms with Crippen LogP contribution in [0.1, 0.15) is 5.56 Å². The Morgan fingerprint density at radius 2 is 1.94 bits per heavy atom. The zero-order chi connectivity index (χ0) is 11.4. The van der Waals surface area contributed by atoms with Crippen molar-refractivity contribution in [1.82, 2.24) is 4.98 Å². The Hall–Kier alpha value is -1.50. The molecule has 2 rings (SSSR count). The first-order valence-electron chi connectivity index (χ1n) is 4.57. The minimum absolute atomic E-state index is 0.579. The molecule has 0 unspecified atom stereocenters. The number of pyridine rings is 1. The second kappa shape index (κ2) is 5.02. The maximum absolute atomic E-state index is 8.99. The van der Waals surface area contributed by atoms with Crippen LogP contribution >= 0.6 is 23.4 Å². The monoisotopic (exact) mass is 246 g/mol. The van der Waals surface area contributed by atoms with E-state index in [-0.39, 0.29) is 0 Å². The minimum atomic E-state index is 0.579. The average Bonchev–Trinajstić information content (AvgIpc) is 2.33. The fraction of sp³-hybridized carbons (Fsp3) is 0. The highest BCUT2D eigenvalue weighted by molar-refractivity contribution is 7.99. The van der Waals surface area contributed by atoms with Crippen LogP contribution in [0.25, 0.3) is 0 Å². The molecule has 0 atom stereocenters. The van der Waals surface area contributed by atoms with Crippen molar-refractivity contribution < 1.29 is 0 Å². The Balaban J connectivity index is 2.32. The zero-order valence-corrected chi connectivity index (χ0v) is 9.79. The summed E-state index contributed by atoms with van der Waals surface area (Å²) in [5.74, 6) is 0. The second-order valence-corrected chi connectivity index (χ2v) is 4.59. The van der Waals surface area contributed by atoms with Crippen molar-refractivity contribution in [3.8, 4) is 6.07 Å². The second-order valence-electron chi connectivity index (χ2n) is 3.04. The lowest BCUT2D eigenvalue weighted by Crippen LogP contribution is -1.81. The molecule has 0 saturated carbocycles. The number of aromatic nitrogens is 1. The molecule has 1 aromatic carbocycles. The van der Waals surface area contributed by atoms with E-state index in [0.29, 0.717) is 10.6 Å². The van der Waals surface area contributed by atoms with Crippen molar-refractivity contribution in [1.29, 1.82) is 5.26 Å². The van der Waals surface area contributed by atoms with E-state index in [1.165, 1.54) is 11.8 Å². The van der Waals surface area contributed by atoms with Gasteiger partial charge in [-0.15, -0.1) is 0 Å². The Kier molecular flexibility index (Phi) is 3.45. The van der Waals surface area contributed by atoms with Crippen molar-refractivity contribution in [2.45, 2.75) is 9.79 Å². The molecule has 0 N–H and O–H groups in total. The average molecular weight is 247 g/mol. The number of hydrogen-bond donors (Lipinski definition) is 0. The van der Waals surface area contributed by atoms with Crippen LogP contribution in [0.5, 0.6) is 0 Å². The molecule has 1 heterocycles. The van der Waals surface area contributed by atoms with Gasteiger partial charge in [0.25, 0.3) is 0 Å². The van der Waals surface area contributed by atoms with Crippen LogP contribution in [-0.2, 0) is 0 Å². The summed E-state index contributed by atoms with van der Waals surface area (Å²) in [6, 6.07) is 11.3. The maximum Gasteiger partial charge on any atom is 0.100 e. The first-order valence-corrected chi connectivity index (χ1v) is 5.76. The van der Waals surface area contributed by atoms with Crippen LogP contribution in [-0.4, -0.2) is 4.98 Å². The molecule has 0 amide bonds. The molecule has 0 radical (unpaired) electrons. The lowest BCUT2D eigenvalue weighted by atomic mass is 10.2. The van der Waals surface area contributed by atoms with Crippen LogP contribution in [0.15, 0.2) is 52.5 Å². The van der Waals surface area contributed by atoms with Crippen molar-refractivity contribution >= 4 is 23.4 Å². The molecule has 2 aromatic rings. The molecular formula is C12H7ClN2S. The molecule has 0 bridgehead atoms. The number of hydrogen-bond acceptors (Lipinski definition) is 3. The van der Waals surface area contributed by atoms with E-state index in [9.17, 15) is 0 Å². The number of nitriles is 1. The molecular weight excluding hydrogens is 240 g/mol. The van der Waals surface area contributed by atoms with Gasteiger partial charge in [-0.05, 0) is 30.3 Å². The van der Waals surface area contributed by atoms with Crippen molar-refractivity contribution in [2.75, 3.05) is 0 Å². The Morgan fingerprint density at radius 3 is 2.62 bits per heavy atom. The molecule has 0 aliphatic heterocycles. The Bertz CT molecular complexity index is 534. The predicted molar refractivity (Wildman–Crippen MR) is 64.5 cm³/mol. The molecule has 16 heavy (non-hydrogen) atoms. The fourth-order valence-electron chi connectivity index (χ4n) is 1.21. The lowest BCUT2D eigenvalue weighted by Gasteiger charge is -2.03. The smallest absolute Gasteiger partial charge is 0.100 e. The third-order valence-electron chi connectivity index (χ3n) is 1.94. The summed E-state index contributed by atoms with van der Waals surface area (Å²) in [4.78, 5) is 5.90. The predicted octanol–water partition coefficient (Wildman–Crippen LogP) is 3.76. The van der Waals surface area contributed by atoms with Gasteiger partial charge in [0.05, 0.1) is 5.56 Å². The molecule has 0 saturated heterocycles. The van der Waals surface area contributed by atoms with E-state index < -0.39 is 0 Å². The molecule has 1 aromatic heterocycles. The number of nitrogens with zero attached hydrogens (tertiary/aromatic N) is 2. The van der Waals surface area contributed by atoms with Gasteiger partial charge < -0.3 is 0 Å². The molecule has 4 heteroatoms. The SMILES string of the molecule is N#Cc1cc(Cl)ccc1Sc1ccncc1. The first kappa shape index (κ1) is 11.0. The van der Waals surface area contributed by atoms with Gasteiger partial charge >= 0.3 is 0 Å². The molecule has 0 fully saturated rings. The van der Waals surface area contributed by atoms with Crippen molar-refractivity contribution in [3.05, 3.63) is 53.3 Å². The van der Waals surface area contributed by atoms with Crippen LogP contribution in [0.3, 0.4) is 0 Å². The molecule has 0 aliphatic carbocycles. The van der Waals surface area contributed by atoms with E-state index in [0.717, 1.165) is 9.79 Å². The van der Waals surface area contributed by atoms with Crippen LogP contribution < -0.4 is 0 Å². The number of benzene rings is 1. The largest absolute Gasteiger partial charge is 0.265 e. The lowest BCUT2D eigenvalue weighted by molar-refractivity contribution is 1.26. The molecule has 78 valence electrons. The van der Waals surface area contributed by atoms with E-state index in [2.05, 4.69) is 11.1 Å². The third kappa shape index (κ3) is 2.54. The topological polar surface area (TPSA) is 36.7 Å². The van der Waals surface area contributed by atoms with Crippen LogP contribution in [0.4, 0.5) is 0 Å². The molecule has 2 nitrogen and oxygen atoms in total. The van der Waals surface area contributed by atoms with Gasteiger partial charge in [-0.3, -0.25) is 4.98 Å². The van der Waals surface area contributed by atoms with E-state index in [1.807, 2.05) is 18.2 Å². The summed E-state index contributed by atoms with van der Waals surface area (Å²) >= 11 is 7.35. The van der Waals surface area contributed by atoms with Gasteiger partial charge in [0.1, 0.15) is 6.07 Å². The summed E-state index contributed by atoms with van der Waals surface area (Å²) < 4.78 is 0. The summed E-state index contributed by atoms with van der Waals surface area (Å²) in [6.07, 6.45) is 3.45. The van der Waals surface area contributed by atoms with Gasteiger partial charge in [-0.1, -0.05) is 23.4 Å². The minimum Gasteiger partial charge on any atom is -0.265 e. The molecule has 0 spiro atoms. The summed E-state index contributed by atoms with van der Waals surface area (Å²) in [5, 5.41) is 9.57. The maximum atomic E-state index is 8.99. The highest BCUT2D eigenvalue weighted by Crippen LogP contribution is 2.31. The summed E-state index contributed by atoms with van der Waals surface area (Å²) in [7, 11) is 0. The highest BCUT2D eigenvalue weighted by Gasteiger charge is 2.04. The fourth-order valence-corrected chi connectivity index (χ4v) is 2.25. The summed E-state index contributed by atoms with van der Waals surface area (Å²) in [6.45, 7) is 0. The standard InChI is InChI=1S/C12H7ClN2S/c13-10-1-2-12(9(7-10)8-14)16-11-3-5-15-6-4-11/h1-7H. The highest BCUT2D eigenvalue weighted by atomic mass is 35.5. The van der Waals surface area contributed by atoms with E-state index in [1.54, 1.807) is 24.5 Å². The van der Waals surface area contributed by atoms with Gasteiger partial charge in [-0.2, -0.15) is 5.26 Å². The normalized spacial score (nSPS) is 9.75. The Morgan fingerprint density at radius 1 is 1.19 bits per heavy atom. The first-order chi connectivity index (χ1) is 7.79. The third-order valence-corrected chi connectivity index (χ3v) is 3.26. The summed E-state index contributed by atoms with van der Waals surface area (Å²) in [5.41, 5.74) is 0.592. The van der Waals surface area contributed by atoms with Gasteiger partial charge in [-0.25, -0.2) is 0 Å². The van der Waals surface area contributed by atoms with E-state index >= 15 is 0 Å². The van der Waals surface area contributed by atoms with Crippen LogP contribution in [0.2, 0.25) is 5.02 Å². The van der Waals surface area contributed by atoms with Gasteiger partial charge in [0, 0.05) is 27.2 Å². The number of rotatable bonds is 2. The Labute approximate surface area is 103 Å². The quantitative estimate of drug-likeness (QED) is 0.810. The van der Waals surface area contributed by atoms with E-state index in [4.69, 9.17) is 16.9 Å². The van der Waals surface area contributed by atoms with Gasteiger partial charge in [0.15, 0.2) is 0 Å². The van der Waals surface area contributed by atoms with Crippen molar-refractivity contribution in [3.63, 3.8) is 0 Å². The van der Waals surface area contributed by atoms with Crippen molar-refractivity contribution in [2.24, 2.45) is 0 Å². The van der Waals surface area contributed by atoms with Gasteiger partial charge in [0.2, 0.25) is 0 Å². The number of halogens is 1. The zero-order valence-electron chi connectivity index (χ0n) is 8.22.